The molecule has 3 aromatic rings. The normalized spacial score (nSPS) is 20.2. The first kappa shape index (κ1) is 27.7. The highest BCUT2D eigenvalue weighted by atomic mass is 16.5. The first-order valence-corrected chi connectivity index (χ1v) is 14.3. The highest BCUT2D eigenvalue weighted by Gasteiger charge is 2.30. The lowest BCUT2D eigenvalue weighted by Gasteiger charge is -2.34. The number of hydrogen-bond acceptors (Lipinski definition) is 4. The van der Waals surface area contributed by atoms with Gasteiger partial charge < -0.3 is 15.0 Å². The minimum atomic E-state index is -0.196. The molecule has 2 amide bonds. The van der Waals surface area contributed by atoms with Crippen molar-refractivity contribution in [2.45, 2.75) is 40.2 Å². The quantitative estimate of drug-likeness (QED) is 0.280. The number of likely N-dealkylation sites (tertiary alicyclic amines) is 1. The van der Waals surface area contributed by atoms with Crippen molar-refractivity contribution in [2.75, 3.05) is 31.1 Å². The topological polar surface area (TPSA) is 61.9 Å². The maximum atomic E-state index is 13.5. The summed E-state index contributed by atoms with van der Waals surface area (Å²) in [6.45, 7) is 11.1. The molecule has 0 aliphatic carbocycles. The number of hydrogen-bond donors (Lipinski definition) is 1. The van der Waals surface area contributed by atoms with Crippen LogP contribution in [0.4, 0.5) is 5.69 Å². The van der Waals surface area contributed by atoms with Crippen molar-refractivity contribution >= 4 is 23.6 Å². The Morgan fingerprint density at radius 1 is 0.975 bits per heavy atom. The van der Waals surface area contributed by atoms with Crippen LogP contribution in [-0.2, 0) is 11.3 Å². The summed E-state index contributed by atoms with van der Waals surface area (Å²) in [4.78, 5) is 30.5. The molecular weight excluding hydrogens is 498 g/mol. The lowest BCUT2D eigenvalue weighted by atomic mass is 9.92. The third kappa shape index (κ3) is 6.80. The molecule has 0 bridgehead atoms. The summed E-state index contributed by atoms with van der Waals surface area (Å²) in [7, 11) is 0. The number of carbonyl (C=O) groups excluding carboxylic acids is 2. The van der Waals surface area contributed by atoms with Crippen LogP contribution in [0.25, 0.3) is 6.08 Å². The Kier molecular flexibility index (Phi) is 8.66. The van der Waals surface area contributed by atoms with Crippen LogP contribution in [0.3, 0.4) is 0 Å². The molecule has 0 spiro atoms. The second kappa shape index (κ2) is 12.5. The summed E-state index contributed by atoms with van der Waals surface area (Å²) in [5, 5.41) is 3.05. The Morgan fingerprint density at radius 3 is 2.40 bits per heavy atom. The Morgan fingerprint density at radius 2 is 1.68 bits per heavy atom. The molecule has 0 unspecified atom stereocenters. The van der Waals surface area contributed by atoms with E-state index in [1.54, 1.807) is 23.1 Å². The maximum absolute atomic E-state index is 13.5. The zero-order chi connectivity index (χ0) is 28.1. The Labute approximate surface area is 237 Å². The third-order valence-corrected chi connectivity index (χ3v) is 7.64. The number of ether oxygens (including phenoxy) is 1. The minimum absolute atomic E-state index is 0.0808. The van der Waals surface area contributed by atoms with Crippen LogP contribution in [0.5, 0.6) is 5.75 Å². The van der Waals surface area contributed by atoms with E-state index in [1.807, 2.05) is 55.5 Å². The van der Waals surface area contributed by atoms with E-state index in [0.29, 0.717) is 24.4 Å². The van der Waals surface area contributed by atoms with Crippen molar-refractivity contribution in [2.24, 2.45) is 11.8 Å². The minimum Gasteiger partial charge on any atom is -0.449 e. The van der Waals surface area contributed by atoms with Crippen LogP contribution in [-0.4, -0.2) is 42.9 Å². The van der Waals surface area contributed by atoms with Crippen LogP contribution in [0.1, 0.15) is 53.7 Å². The Bertz CT molecular complexity index is 1350. The Balaban J connectivity index is 1.21. The molecule has 2 heterocycles. The van der Waals surface area contributed by atoms with Crippen molar-refractivity contribution in [3.05, 3.63) is 101 Å². The number of para-hydroxylation sites is 2. The van der Waals surface area contributed by atoms with E-state index in [1.165, 1.54) is 12.0 Å². The molecule has 6 heteroatoms. The molecule has 208 valence electrons. The lowest BCUT2D eigenvalue weighted by molar-refractivity contribution is -0.117. The number of anilines is 1. The molecule has 3 aromatic carbocycles. The van der Waals surface area contributed by atoms with Gasteiger partial charge in [-0.3, -0.25) is 14.5 Å². The predicted octanol–water partition coefficient (Wildman–Crippen LogP) is 6.06. The third-order valence-electron chi connectivity index (χ3n) is 7.64. The highest BCUT2D eigenvalue weighted by Crippen LogP contribution is 2.36. The first-order chi connectivity index (χ1) is 19.4. The average molecular weight is 538 g/mol. The zero-order valence-electron chi connectivity index (χ0n) is 23.7. The largest absolute Gasteiger partial charge is 0.449 e. The number of fused-ring (bicyclic) bond motifs is 1. The van der Waals surface area contributed by atoms with E-state index in [2.05, 4.69) is 36.2 Å². The summed E-state index contributed by atoms with van der Waals surface area (Å²) in [5.74, 6) is 2.11. The summed E-state index contributed by atoms with van der Waals surface area (Å²) in [6, 6.07) is 23.1. The van der Waals surface area contributed by atoms with Crippen LogP contribution in [0.2, 0.25) is 0 Å². The molecule has 6 nitrogen and oxygen atoms in total. The second-order valence-corrected chi connectivity index (χ2v) is 11.4. The van der Waals surface area contributed by atoms with Gasteiger partial charge in [0.05, 0.1) is 12.2 Å². The van der Waals surface area contributed by atoms with Crippen molar-refractivity contribution < 1.29 is 14.3 Å². The van der Waals surface area contributed by atoms with Crippen molar-refractivity contribution in [1.29, 1.82) is 0 Å². The number of aryl methyl sites for hydroxylation is 1. The number of benzene rings is 3. The standard InChI is InChI=1S/C34H39N3O3/c1-24-9-11-28(12-10-24)23-37-30-7-4-5-8-31(30)40-32(34(37)39)20-27-13-15-29(16-14-27)33(38)35-17-6-18-36-21-25(2)19-26(3)22-36/h4-5,7-16,20,25-26H,6,17-19,21-23H2,1-3H3,(H,35,38)/b32-20+/t25-,26+. The van der Waals surface area contributed by atoms with Gasteiger partial charge in [-0.15, -0.1) is 0 Å². The van der Waals surface area contributed by atoms with Gasteiger partial charge in [-0.25, -0.2) is 0 Å². The van der Waals surface area contributed by atoms with Crippen molar-refractivity contribution in [3.8, 4) is 5.75 Å². The lowest BCUT2D eigenvalue weighted by Crippen LogP contribution is -2.40. The highest BCUT2D eigenvalue weighted by molar-refractivity contribution is 6.09. The van der Waals surface area contributed by atoms with E-state index in [0.717, 1.165) is 54.7 Å². The van der Waals surface area contributed by atoms with Gasteiger partial charge in [-0.05, 0) is 79.6 Å². The van der Waals surface area contributed by atoms with Gasteiger partial charge in [0.25, 0.3) is 11.8 Å². The molecule has 1 saturated heterocycles. The van der Waals surface area contributed by atoms with E-state index in [9.17, 15) is 9.59 Å². The summed E-state index contributed by atoms with van der Waals surface area (Å²) >= 11 is 0. The van der Waals surface area contributed by atoms with E-state index >= 15 is 0 Å². The molecule has 2 aliphatic rings. The summed E-state index contributed by atoms with van der Waals surface area (Å²) in [5.41, 5.74) is 4.37. The molecule has 0 saturated carbocycles. The van der Waals surface area contributed by atoms with Crippen LogP contribution >= 0.6 is 0 Å². The molecular formula is C34H39N3O3. The van der Waals surface area contributed by atoms with Gasteiger partial charge in [-0.1, -0.05) is 67.9 Å². The van der Waals surface area contributed by atoms with Gasteiger partial charge in [-0.2, -0.15) is 0 Å². The zero-order valence-corrected chi connectivity index (χ0v) is 23.7. The molecule has 1 fully saturated rings. The van der Waals surface area contributed by atoms with E-state index < -0.39 is 0 Å². The van der Waals surface area contributed by atoms with Crippen molar-refractivity contribution in [3.63, 3.8) is 0 Å². The monoisotopic (exact) mass is 537 g/mol. The van der Waals surface area contributed by atoms with Crippen LogP contribution in [0.15, 0.2) is 78.6 Å². The number of nitrogens with one attached hydrogen (secondary N) is 1. The predicted molar refractivity (Wildman–Crippen MR) is 160 cm³/mol. The molecule has 1 N–H and O–H groups in total. The molecule has 0 aromatic heterocycles. The number of rotatable bonds is 8. The average Bonchev–Trinajstić information content (AvgIpc) is 2.94. The first-order valence-electron chi connectivity index (χ1n) is 14.3. The molecule has 2 aliphatic heterocycles. The van der Waals surface area contributed by atoms with E-state index in [4.69, 9.17) is 4.74 Å². The van der Waals surface area contributed by atoms with Crippen molar-refractivity contribution in [1.82, 2.24) is 10.2 Å². The number of piperidine rings is 1. The van der Waals surface area contributed by atoms with Gasteiger partial charge in [0.2, 0.25) is 0 Å². The Hall–Kier alpha value is -3.90. The number of carbonyl (C=O) groups is 2. The fourth-order valence-corrected chi connectivity index (χ4v) is 5.76. The molecule has 40 heavy (non-hydrogen) atoms. The molecule has 2 atom stereocenters. The second-order valence-electron chi connectivity index (χ2n) is 11.4. The summed E-state index contributed by atoms with van der Waals surface area (Å²) < 4.78 is 6.03. The van der Waals surface area contributed by atoms with Gasteiger partial charge in [0, 0.05) is 25.2 Å². The van der Waals surface area contributed by atoms with Gasteiger partial charge in [0.1, 0.15) is 0 Å². The summed E-state index contributed by atoms with van der Waals surface area (Å²) in [6.07, 6.45) is 3.98. The van der Waals surface area contributed by atoms with E-state index in [-0.39, 0.29) is 17.6 Å². The fraction of sp³-hybridized carbons (Fsp3) is 0.353. The van der Waals surface area contributed by atoms with Crippen LogP contribution < -0.4 is 15.0 Å². The maximum Gasteiger partial charge on any atom is 0.294 e. The molecule has 0 radical (unpaired) electrons. The van der Waals surface area contributed by atoms with Gasteiger partial charge in [0.15, 0.2) is 11.5 Å². The number of nitrogens with zero attached hydrogens (tertiary/aromatic N) is 2. The smallest absolute Gasteiger partial charge is 0.294 e. The van der Waals surface area contributed by atoms with Crippen LogP contribution in [0, 0.1) is 18.8 Å². The fourth-order valence-electron chi connectivity index (χ4n) is 5.76. The SMILES string of the molecule is Cc1ccc(CN2C(=O)/C(=C\c3ccc(C(=O)NCCCN4C[C@H](C)C[C@H](C)C4)cc3)Oc3ccccc32)cc1. The molecule has 5 rings (SSSR count). The number of amides is 2. The van der Waals surface area contributed by atoms with Gasteiger partial charge >= 0.3 is 0 Å².